The number of carbonyl (C=O) groups is 1. The quantitative estimate of drug-likeness (QED) is 0.554. The van der Waals surface area contributed by atoms with Crippen LogP contribution in [0.4, 0.5) is 5.69 Å². The van der Waals surface area contributed by atoms with E-state index in [1.54, 1.807) is 24.3 Å². The SMILES string of the molecule is O=C(COc1ccc(Cl)cc1)NC(=S)Nc1ccc(I)cc1. The molecule has 0 radical (unpaired) electrons. The van der Waals surface area contributed by atoms with Gasteiger partial charge in [0.05, 0.1) is 0 Å². The molecule has 0 aliphatic rings. The van der Waals surface area contributed by atoms with E-state index in [1.165, 1.54) is 0 Å². The molecule has 114 valence electrons. The van der Waals surface area contributed by atoms with Crippen molar-refractivity contribution in [3.05, 3.63) is 57.1 Å². The van der Waals surface area contributed by atoms with Gasteiger partial charge in [0.15, 0.2) is 11.7 Å². The third kappa shape index (κ3) is 5.78. The second-order valence-electron chi connectivity index (χ2n) is 4.25. The summed E-state index contributed by atoms with van der Waals surface area (Å²) in [5.41, 5.74) is 0.810. The topological polar surface area (TPSA) is 50.4 Å². The maximum Gasteiger partial charge on any atom is 0.264 e. The second kappa shape index (κ2) is 8.30. The average Bonchev–Trinajstić information content (AvgIpc) is 2.49. The van der Waals surface area contributed by atoms with Crippen LogP contribution < -0.4 is 15.4 Å². The van der Waals surface area contributed by atoms with E-state index in [1.807, 2.05) is 24.3 Å². The third-order valence-corrected chi connectivity index (χ3v) is 3.71. The molecule has 4 nitrogen and oxygen atoms in total. The number of halogens is 2. The highest BCUT2D eigenvalue weighted by Gasteiger charge is 2.06. The summed E-state index contributed by atoms with van der Waals surface area (Å²) in [6, 6.07) is 14.4. The van der Waals surface area contributed by atoms with Gasteiger partial charge in [-0.05, 0) is 83.3 Å². The first kappa shape index (κ1) is 17.0. The number of thiocarbonyl (C=S) groups is 1. The molecule has 2 N–H and O–H groups in total. The molecule has 0 aliphatic heterocycles. The van der Waals surface area contributed by atoms with Crippen LogP contribution in [-0.4, -0.2) is 17.6 Å². The van der Waals surface area contributed by atoms with E-state index in [0.29, 0.717) is 10.8 Å². The van der Waals surface area contributed by atoms with E-state index in [4.69, 9.17) is 28.6 Å². The minimum atomic E-state index is -0.335. The number of rotatable bonds is 4. The lowest BCUT2D eigenvalue weighted by Gasteiger charge is -2.10. The van der Waals surface area contributed by atoms with Crippen molar-refractivity contribution >= 4 is 63.1 Å². The van der Waals surface area contributed by atoms with Gasteiger partial charge >= 0.3 is 0 Å². The van der Waals surface area contributed by atoms with Crippen molar-refractivity contribution in [1.29, 1.82) is 0 Å². The van der Waals surface area contributed by atoms with Gasteiger partial charge in [0, 0.05) is 14.3 Å². The van der Waals surface area contributed by atoms with E-state index in [9.17, 15) is 4.79 Å². The van der Waals surface area contributed by atoms with Gasteiger partial charge in [-0.3, -0.25) is 10.1 Å². The summed E-state index contributed by atoms with van der Waals surface area (Å²) in [6.07, 6.45) is 0. The Morgan fingerprint density at radius 2 is 1.77 bits per heavy atom. The Kier molecular flexibility index (Phi) is 6.41. The van der Waals surface area contributed by atoms with Crippen molar-refractivity contribution in [2.45, 2.75) is 0 Å². The molecule has 2 aromatic carbocycles. The van der Waals surface area contributed by atoms with Crippen LogP contribution in [-0.2, 0) is 4.79 Å². The summed E-state index contributed by atoms with van der Waals surface area (Å²) < 4.78 is 6.45. The molecule has 1 amide bonds. The maximum atomic E-state index is 11.7. The Hall–Kier alpha value is -1.38. The van der Waals surface area contributed by atoms with Crippen LogP contribution in [0.5, 0.6) is 5.75 Å². The number of hydrogen-bond donors (Lipinski definition) is 2. The fraction of sp³-hybridized carbons (Fsp3) is 0.0667. The van der Waals surface area contributed by atoms with Crippen LogP contribution in [0.1, 0.15) is 0 Å². The zero-order valence-corrected chi connectivity index (χ0v) is 15.0. The Labute approximate surface area is 152 Å². The largest absolute Gasteiger partial charge is 0.484 e. The third-order valence-electron chi connectivity index (χ3n) is 2.54. The molecule has 0 spiro atoms. The molecule has 0 aromatic heterocycles. The smallest absolute Gasteiger partial charge is 0.264 e. The number of ether oxygens (including phenoxy) is 1. The van der Waals surface area contributed by atoms with Crippen molar-refractivity contribution in [3.63, 3.8) is 0 Å². The molecule has 7 heteroatoms. The maximum absolute atomic E-state index is 11.7. The molecule has 0 saturated heterocycles. The van der Waals surface area contributed by atoms with Crippen LogP contribution >= 0.6 is 46.4 Å². The van der Waals surface area contributed by atoms with E-state index < -0.39 is 0 Å². The number of amides is 1. The first-order valence-electron chi connectivity index (χ1n) is 6.28. The molecular formula is C15H12ClIN2O2S. The zero-order chi connectivity index (χ0) is 15.9. The summed E-state index contributed by atoms with van der Waals surface area (Å²) in [6.45, 7) is -0.129. The molecule has 0 heterocycles. The summed E-state index contributed by atoms with van der Waals surface area (Å²) in [7, 11) is 0. The predicted octanol–water partition coefficient (Wildman–Crippen LogP) is 3.84. The molecule has 2 aromatic rings. The number of anilines is 1. The summed E-state index contributed by atoms with van der Waals surface area (Å²) >= 11 is 13.1. The average molecular weight is 447 g/mol. The molecule has 0 bridgehead atoms. The minimum absolute atomic E-state index is 0.129. The van der Waals surface area contributed by atoms with Gasteiger partial charge in [-0.2, -0.15) is 0 Å². The molecule has 0 unspecified atom stereocenters. The van der Waals surface area contributed by atoms with Gasteiger partial charge in [-0.1, -0.05) is 11.6 Å². The van der Waals surface area contributed by atoms with Crippen LogP contribution in [0.15, 0.2) is 48.5 Å². The Morgan fingerprint density at radius 3 is 2.41 bits per heavy atom. The van der Waals surface area contributed by atoms with E-state index >= 15 is 0 Å². The lowest BCUT2D eigenvalue weighted by molar-refractivity contribution is -0.121. The Morgan fingerprint density at radius 1 is 1.14 bits per heavy atom. The highest BCUT2D eigenvalue weighted by molar-refractivity contribution is 14.1. The van der Waals surface area contributed by atoms with Crippen molar-refractivity contribution < 1.29 is 9.53 Å². The Balaban J connectivity index is 1.77. The van der Waals surface area contributed by atoms with E-state index in [0.717, 1.165) is 9.26 Å². The molecule has 0 aliphatic carbocycles. The highest BCUT2D eigenvalue weighted by atomic mass is 127. The van der Waals surface area contributed by atoms with Gasteiger partial charge in [0.2, 0.25) is 0 Å². The molecule has 0 saturated carbocycles. The summed E-state index contributed by atoms with van der Waals surface area (Å²) in [5.74, 6) is 0.231. The van der Waals surface area contributed by atoms with Crippen LogP contribution in [0.3, 0.4) is 0 Å². The molecule has 2 rings (SSSR count). The van der Waals surface area contributed by atoms with Crippen molar-refractivity contribution in [2.24, 2.45) is 0 Å². The zero-order valence-electron chi connectivity index (χ0n) is 11.3. The second-order valence-corrected chi connectivity index (χ2v) is 6.34. The monoisotopic (exact) mass is 446 g/mol. The normalized spacial score (nSPS) is 9.91. The number of nitrogens with one attached hydrogen (secondary N) is 2. The Bertz CT molecular complexity index is 662. The lowest BCUT2D eigenvalue weighted by Crippen LogP contribution is -2.37. The van der Waals surface area contributed by atoms with Crippen LogP contribution in [0.25, 0.3) is 0 Å². The van der Waals surface area contributed by atoms with Gasteiger partial charge in [0.25, 0.3) is 5.91 Å². The highest BCUT2D eigenvalue weighted by Crippen LogP contribution is 2.15. The van der Waals surface area contributed by atoms with Gasteiger partial charge in [0.1, 0.15) is 5.75 Å². The molecule has 0 fully saturated rings. The summed E-state index contributed by atoms with van der Waals surface area (Å²) in [5, 5.41) is 6.32. The van der Waals surface area contributed by atoms with Gasteiger partial charge in [-0.25, -0.2) is 0 Å². The van der Waals surface area contributed by atoms with Crippen molar-refractivity contribution in [1.82, 2.24) is 5.32 Å². The van der Waals surface area contributed by atoms with E-state index in [2.05, 4.69) is 33.2 Å². The van der Waals surface area contributed by atoms with Gasteiger partial charge in [-0.15, -0.1) is 0 Å². The predicted molar refractivity (Wildman–Crippen MR) is 100 cm³/mol. The minimum Gasteiger partial charge on any atom is -0.484 e. The van der Waals surface area contributed by atoms with E-state index in [-0.39, 0.29) is 17.6 Å². The number of carbonyl (C=O) groups excluding carboxylic acids is 1. The van der Waals surface area contributed by atoms with Crippen LogP contribution in [0.2, 0.25) is 5.02 Å². The molecule has 22 heavy (non-hydrogen) atoms. The standard InChI is InChI=1S/C15H12ClIN2O2S/c16-10-1-7-13(8-2-10)21-9-14(20)19-15(22)18-12-5-3-11(17)4-6-12/h1-8H,9H2,(H2,18,19,20,22). The molecule has 0 atom stereocenters. The number of benzene rings is 2. The van der Waals surface area contributed by atoms with Crippen LogP contribution in [0, 0.1) is 3.57 Å². The molecular weight excluding hydrogens is 435 g/mol. The fourth-order valence-electron chi connectivity index (χ4n) is 1.54. The lowest BCUT2D eigenvalue weighted by atomic mass is 10.3. The fourth-order valence-corrected chi connectivity index (χ4v) is 2.26. The van der Waals surface area contributed by atoms with Crippen molar-refractivity contribution in [2.75, 3.05) is 11.9 Å². The first-order chi connectivity index (χ1) is 10.5. The summed E-state index contributed by atoms with van der Waals surface area (Å²) in [4.78, 5) is 11.7. The number of hydrogen-bond acceptors (Lipinski definition) is 3. The van der Waals surface area contributed by atoms with Gasteiger partial charge < -0.3 is 10.1 Å². The van der Waals surface area contributed by atoms with Crippen molar-refractivity contribution in [3.8, 4) is 5.75 Å². The first-order valence-corrected chi connectivity index (χ1v) is 8.14.